The Morgan fingerprint density at radius 2 is 2.08 bits per heavy atom. The monoisotopic (exact) mass is 355 g/mol. The van der Waals surface area contributed by atoms with Gasteiger partial charge in [-0.3, -0.25) is 14.2 Å². The summed E-state index contributed by atoms with van der Waals surface area (Å²) in [6, 6.07) is 5.76. The fourth-order valence-electron chi connectivity index (χ4n) is 2.63. The van der Waals surface area contributed by atoms with E-state index in [1.165, 1.54) is 27.6 Å². The molecule has 134 valence electrons. The van der Waals surface area contributed by atoms with Gasteiger partial charge in [-0.2, -0.15) is 5.10 Å². The van der Waals surface area contributed by atoms with Gasteiger partial charge in [-0.15, -0.1) is 6.58 Å². The van der Waals surface area contributed by atoms with Crippen molar-refractivity contribution in [2.45, 2.75) is 19.9 Å². The summed E-state index contributed by atoms with van der Waals surface area (Å²) in [5.41, 5.74) is 0.734. The molecule has 1 N–H and O–H groups in total. The number of nitrogens with one attached hydrogen (secondary N) is 1. The number of fused-ring (bicyclic) bond motifs is 1. The van der Waals surface area contributed by atoms with Crippen molar-refractivity contribution in [3.8, 4) is 5.69 Å². The lowest BCUT2D eigenvalue weighted by Gasteiger charge is -2.10. The van der Waals surface area contributed by atoms with E-state index >= 15 is 0 Å². The van der Waals surface area contributed by atoms with Gasteiger partial charge < -0.3 is 5.32 Å². The van der Waals surface area contributed by atoms with E-state index in [1.807, 2.05) is 0 Å². The van der Waals surface area contributed by atoms with Crippen molar-refractivity contribution in [2.75, 3.05) is 6.54 Å². The highest BCUT2D eigenvalue weighted by molar-refractivity contribution is 5.76. The highest BCUT2D eigenvalue weighted by atomic mass is 19.1. The van der Waals surface area contributed by atoms with Crippen molar-refractivity contribution in [1.29, 1.82) is 0 Å². The highest BCUT2D eigenvalue weighted by Crippen LogP contribution is 2.15. The van der Waals surface area contributed by atoms with Gasteiger partial charge in [0.05, 0.1) is 11.9 Å². The number of hydrogen-bond donors (Lipinski definition) is 1. The lowest BCUT2D eigenvalue weighted by atomic mass is 10.3. The standard InChI is InChI=1S/C18H18FN5O2/c1-3-9-20-16(25)8-10-23-12(2)22-17-15(18(23)26)11-21-24(17)14-6-4-13(19)5-7-14/h3-7,11H,1,8-10H2,2H3,(H,20,25). The van der Waals surface area contributed by atoms with E-state index in [9.17, 15) is 14.0 Å². The molecule has 0 aliphatic heterocycles. The molecule has 0 fully saturated rings. The van der Waals surface area contributed by atoms with Gasteiger partial charge in [-0.05, 0) is 31.2 Å². The van der Waals surface area contributed by atoms with Crippen LogP contribution < -0.4 is 10.9 Å². The third-order valence-corrected chi connectivity index (χ3v) is 3.95. The lowest BCUT2D eigenvalue weighted by molar-refractivity contribution is -0.121. The van der Waals surface area contributed by atoms with Crippen molar-refractivity contribution in [3.05, 3.63) is 65.1 Å². The van der Waals surface area contributed by atoms with Gasteiger partial charge in [0.1, 0.15) is 17.0 Å². The first-order valence-electron chi connectivity index (χ1n) is 8.10. The van der Waals surface area contributed by atoms with Gasteiger partial charge in [0.15, 0.2) is 5.65 Å². The number of hydrogen-bond acceptors (Lipinski definition) is 4. The topological polar surface area (TPSA) is 81.8 Å². The molecule has 26 heavy (non-hydrogen) atoms. The van der Waals surface area contributed by atoms with Crippen LogP contribution in [-0.2, 0) is 11.3 Å². The van der Waals surface area contributed by atoms with Gasteiger partial charge in [0.2, 0.25) is 5.91 Å². The number of carbonyl (C=O) groups is 1. The Morgan fingerprint density at radius 1 is 1.35 bits per heavy atom. The SMILES string of the molecule is C=CCNC(=O)CCn1c(C)nc2c(cnn2-c2ccc(F)cc2)c1=O. The minimum atomic E-state index is -0.355. The largest absolute Gasteiger partial charge is 0.353 e. The molecule has 0 saturated heterocycles. The molecule has 0 aliphatic carbocycles. The van der Waals surface area contributed by atoms with E-state index in [2.05, 4.69) is 22.0 Å². The molecule has 0 bridgehead atoms. The van der Waals surface area contributed by atoms with Crippen LogP contribution in [0.15, 0.2) is 47.9 Å². The number of aromatic nitrogens is 4. The normalized spacial score (nSPS) is 10.8. The molecule has 2 heterocycles. The molecule has 8 heteroatoms. The molecule has 7 nitrogen and oxygen atoms in total. The van der Waals surface area contributed by atoms with Crippen LogP contribution in [0.25, 0.3) is 16.7 Å². The predicted molar refractivity (Wildman–Crippen MR) is 95.6 cm³/mol. The second-order valence-electron chi connectivity index (χ2n) is 5.73. The maximum Gasteiger partial charge on any atom is 0.264 e. The average molecular weight is 355 g/mol. The van der Waals surface area contributed by atoms with Crippen molar-refractivity contribution in [2.24, 2.45) is 0 Å². The Kier molecular flexibility index (Phi) is 4.92. The zero-order valence-corrected chi connectivity index (χ0v) is 14.3. The zero-order valence-electron chi connectivity index (χ0n) is 14.3. The van der Waals surface area contributed by atoms with E-state index in [4.69, 9.17) is 0 Å². The fraction of sp³-hybridized carbons (Fsp3) is 0.222. The van der Waals surface area contributed by atoms with E-state index < -0.39 is 0 Å². The van der Waals surface area contributed by atoms with E-state index in [-0.39, 0.29) is 30.2 Å². The molecule has 2 aromatic heterocycles. The minimum absolute atomic E-state index is 0.161. The van der Waals surface area contributed by atoms with Gasteiger partial charge in [0, 0.05) is 19.5 Å². The van der Waals surface area contributed by atoms with Gasteiger partial charge >= 0.3 is 0 Å². The first kappa shape index (κ1) is 17.5. The van der Waals surface area contributed by atoms with E-state index in [0.29, 0.717) is 29.1 Å². The Morgan fingerprint density at radius 3 is 2.77 bits per heavy atom. The Balaban J connectivity index is 1.94. The Labute approximate surface area is 148 Å². The van der Waals surface area contributed by atoms with Gasteiger partial charge in [-0.1, -0.05) is 6.08 Å². The van der Waals surface area contributed by atoms with Crippen LogP contribution in [0.2, 0.25) is 0 Å². The molecule has 0 spiro atoms. The molecular formula is C18H18FN5O2. The molecule has 3 aromatic rings. The summed E-state index contributed by atoms with van der Waals surface area (Å²) < 4.78 is 16.1. The van der Waals surface area contributed by atoms with Crippen LogP contribution in [0.3, 0.4) is 0 Å². The van der Waals surface area contributed by atoms with E-state index in [0.717, 1.165) is 0 Å². The minimum Gasteiger partial charge on any atom is -0.353 e. The molecule has 0 radical (unpaired) electrons. The third-order valence-electron chi connectivity index (χ3n) is 3.95. The predicted octanol–water partition coefficient (Wildman–Crippen LogP) is 1.72. The number of halogens is 1. The summed E-state index contributed by atoms with van der Waals surface area (Å²) in [5.74, 6) is -0.0485. The summed E-state index contributed by atoms with van der Waals surface area (Å²) in [6.45, 7) is 5.84. The first-order chi connectivity index (χ1) is 12.5. The molecule has 1 amide bonds. The van der Waals surface area contributed by atoms with Crippen LogP contribution in [0.1, 0.15) is 12.2 Å². The Bertz CT molecular complexity index is 1020. The second-order valence-corrected chi connectivity index (χ2v) is 5.73. The molecular weight excluding hydrogens is 337 g/mol. The number of aryl methyl sites for hydroxylation is 1. The number of benzene rings is 1. The molecule has 0 saturated carbocycles. The highest BCUT2D eigenvalue weighted by Gasteiger charge is 2.14. The number of carbonyl (C=O) groups excluding carboxylic acids is 1. The Hall–Kier alpha value is -3.29. The summed E-state index contributed by atoms with van der Waals surface area (Å²) in [6.07, 6.45) is 3.18. The van der Waals surface area contributed by atoms with Crippen molar-refractivity contribution in [1.82, 2.24) is 24.6 Å². The number of nitrogens with zero attached hydrogens (tertiary/aromatic N) is 4. The maximum atomic E-state index is 13.1. The van der Waals surface area contributed by atoms with Gasteiger partial charge in [0.25, 0.3) is 5.56 Å². The molecule has 0 unspecified atom stereocenters. The fourth-order valence-corrected chi connectivity index (χ4v) is 2.63. The maximum absolute atomic E-state index is 13.1. The van der Waals surface area contributed by atoms with Crippen molar-refractivity contribution < 1.29 is 9.18 Å². The smallest absolute Gasteiger partial charge is 0.264 e. The summed E-state index contributed by atoms with van der Waals surface area (Å²) in [7, 11) is 0. The lowest BCUT2D eigenvalue weighted by Crippen LogP contribution is -2.29. The first-order valence-corrected chi connectivity index (χ1v) is 8.10. The van der Waals surface area contributed by atoms with Crippen LogP contribution in [-0.4, -0.2) is 31.8 Å². The summed E-state index contributed by atoms with van der Waals surface area (Å²) in [5, 5.41) is 7.21. The summed E-state index contributed by atoms with van der Waals surface area (Å²) >= 11 is 0. The number of amides is 1. The van der Waals surface area contributed by atoms with E-state index in [1.54, 1.807) is 25.1 Å². The van der Waals surface area contributed by atoms with Crippen LogP contribution in [0.5, 0.6) is 0 Å². The van der Waals surface area contributed by atoms with Gasteiger partial charge in [-0.25, -0.2) is 14.1 Å². The van der Waals surface area contributed by atoms with Crippen molar-refractivity contribution in [3.63, 3.8) is 0 Å². The quantitative estimate of drug-likeness (QED) is 0.683. The van der Waals surface area contributed by atoms with Crippen LogP contribution >= 0.6 is 0 Å². The second kappa shape index (κ2) is 7.30. The molecule has 0 aliphatic rings. The summed E-state index contributed by atoms with van der Waals surface area (Å²) in [4.78, 5) is 28.9. The molecule has 0 atom stereocenters. The van der Waals surface area contributed by atoms with Crippen LogP contribution in [0, 0.1) is 12.7 Å². The molecule has 1 aromatic carbocycles. The third kappa shape index (κ3) is 3.39. The van der Waals surface area contributed by atoms with Crippen LogP contribution in [0.4, 0.5) is 4.39 Å². The van der Waals surface area contributed by atoms with Crippen molar-refractivity contribution >= 4 is 16.9 Å². The zero-order chi connectivity index (χ0) is 18.7. The molecule has 3 rings (SSSR count). The number of rotatable bonds is 6. The average Bonchev–Trinajstić information content (AvgIpc) is 3.04.